The zero-order valence-corrected chi connectivity index (χ0v) is 21.2. The quantitative estimate of drug-likeness (QED) is 0.491. The Bertz CT molecular complexity index is 1300. The van der Waals surface area contributed by atoms with Gasteiger partial charge in [-0.05, 0) is 73.4 Å². The van der Waals surface area contributed by atoms with Crippen molar-refractivity contribution in [1.82, 2.24) is 9.62 Å². The third-order valence-electron chi connectivity index (χ3n) is 6.45. The van der Waals surface area contributed by atoms with Gasteiger partial charge in [0.1, 0.15) is 5.82 Å². The molecular formula is C27H31FN2O4S. The van der Waals surface area contributed by atoms with Gasteiger partial charge in [-0.15, -0.1) is 0 Å². The van der Waals surface area contributed by atoms with Crippen LogP contribution in [-0.4, -0.2) is 40.1 Å². The lowest BCUT2D eigenvalue weighted by Gasteiger charge is -2.41. The molecule has 0 aliphatic carbocycles. The summed E-state index contributed by atoms with van der Waals surface area (Å²) < 4.78 is 54.3. The van der Waals surface area contributed by atoms with Gasteiger partial charge in [-0.3, -0.25) is 4.90 Å². The van der Waals surface area contributed by atoms with Crippen LogP contribution >= 0.6 is 0 Å². The number of nitrogens with zero attached hydrogens (tertiary/aromatic N) is 1. The Morgan fingerprint density at radius 3 is 2.40 bits per heavy atom. The molecule has 1 aliphatic rings. The lowest BCUT2D eigenvalue weighted by atomic mass is 9.88. The maximum atomic E-state index is 13.9. The van der Waals surface area contributed by atoms with Gasteiger partial charge < -0.3 is 9.47 Å². The van der Waals surface area contributed by atoms with E-state index in [2.05, 4.69) is 9.62 Å². The minimum Gasteiger partial charge on any atom is -0.493 e. The first-order valence-electron chi connectivity index (χ1n) is 11.5. The van der Waals surface area contributed by atoms with Crippen LogP contribution in [0, 0.1) is 12.7 Å². The van der Waals surface area contributed by atoms with E-state index >= 15 is 0 Å². The molecule has 8 heteroatoms. The number of benzene rings is 3. The summed E-state index contributed by atoms with van der Waals surface area (Å²) in [4.78, 5) is 2.40. The van der Waals surface area contributed by atoms with E-state index in [4.69, 9.17) is 9.47 Å². The van der Waals surface area contributed by atoms with Gasteiger partial charge in [-0.2, -0.15) is 0 Å². The van der Waals surface area contributed by atoms with Crippen molar-refractivity contribution in [3.8, 4) is 11.5 Å². The Labute approximate surface area is 206 Å². The Kier molecular flexibility index (Phi) is 7.44. The van der Waals surface area contributed by atoms with Crippen LogP contribution < -0.4 is 14.2 Å². The monoisotopic (exact) mass is 498 g/mol. The Morgan fingerprint density at radius 2 is 1.74 bits per heavy atom. The van der Waals surface area contributed by atoms with Gasteiger partial charge >= 0.3 is 0 Å². The van der Waals surface area contributed by atoms with Crippen LogP contribution in [0.1, 0.15) is 35.2 Å². The molecule has 1 aliphatic heterocycles. The zero-order chi connectivity index (χ0) is 25.2. The molecule has 1 heterocycles. The molecule has 0 radical (unpaired) electrons. The molecule has 0 saturated heterocycles. The second kappa shape index (κ2) is 10.4. The number of hydrogen-bond acceptors (Lipinski definition) is 5. The highest BCUT2D eigenvalue weighted by atomic mass is 32.2. The molecule has 3 aromatic carbocycles. The molecule has 4 rings (SSSR count). The standard InChI is InChI=1S/C27H31FN2O4S/c1-18-8-10-23(11-9-18)35(31,32)29-19(2)27-24-16-26(34-4)25(33-3)15-21(24)12-13-30(27)17-20-6-5-7-22(28)14-20/h5-11,14-16,19,27,29H,12-13,17H2,1-4H3/t19-,27+/m1/s1. The first kappa shape index (κ1) is 25.2. The Morgan fingerprint density at radius 1 is 1.06 bits per heavy atom. The number of ether oxygens (including phenoxy) is 2. The number of halogens is 1. The fourth-order valence-corrected chi connectivity index (χ4v) is 6.00. The second-order valence-electron chi connectivity index (χ2n) is 8.92. The summed E-state index contributed by atoms with van der Waals surface area (Å²) in [6.07, 6.45) is 0.749. The van der Waals surface area contributed by atoms with Crippen molar-refractivity contribution in [3.05, 3.63) is 88.7 Å². The fraction of sp³-hybridized carbons (Fsp3) is 0.333. The number of methoxy groups -OCH3 is 2. The van der Waals surface area contributed by atoms with E-state index in [9.17, 15) is 12.8 Å². The fourth-order valence-electron chi connectivity index (χ4n) is 4.76. The number of fused-ring (bicyclic) bond motifs is 1. The molecule has 0 aromatic heterocycles. The largest absolute Gasteiger partial charge is 0.493 e. The molecule has 0 unspecified atom stereocenters. The number of rotatable bonds is 8. The average Bonchev–Trinajstić information content (AvgIpc) is 2.83. The van der Waals surface area contributed by atoms with Crippen LogP contribution in [0.25, 0.3) is 0 Å². The van der Waals surface area contributed by atoms with Crippen molar-refractivity contribution < 1.29 is 22.3 Å². The maximum absolute atomic E-state index is 13.9. The van der Waals surface area contributed by atoms with E-state index in [1.165, 1.54) is 12.1 Å². The van der Waals surface area contributed by atoms with Crippen molar-refractivity contribution in [1.29, 1.82) is 0 Å². The van der Waals surface area contributed by atoms with Crippen LogP contribution in [0.15, 0.2) is 65.6 Å². The molecule has 1 N–H and O–H groups in total. The van der Waals surface area contributed by atoms with Crippen LogP contribution in [-0.2, 0) is 23.0 Å². The third-order valence-corrected chi connectivity index (χ3v) is 8.02. The third kappa shape index (κ3) is 5.50. The molecule has 0 amide bonds. The Balaban J connectivity index is 1.72. The van der Waals surface area contributed by atoms with Crippen molar-refractivity contribution in [2.24, 2.45) is 0 Å². The minimum atomic E-state index is -3.75. The first-order chi connectivity index (χ1) is 16.7. The van der Waals surface area contributed by atoms with E-state index in [0.717, 1.165) is 28.7 Å². The molecular weight excluding hydrogens is 467 g/mol. The predicted octanol–water partition coefficient (Wildman–Crippen LogP) is 4.62. The van der Waals surface area contributed by atoms with Crippen molar-refractivity contribution in [2.45, 2.75) is 43.8 Å². The van der Waals surface area contributed by atoms with Crippen molar-refractivity contribution >= 4 is 10.0 Å². The van der Waals surface area contributed by atoms with Crippen LogP contribution in [0.5, 0.6) is 11.5 Å². The van der Waals surface area contributed by atoms with Gasteiger partial charge in [-0.25, -0.2) is 17.5 Å². The normalized spacial score (nSPS) is 17.0. The number of sulfonamides is 1. The van der Waals surface area contributed by atoms with E-state index in [-0.39, 0.29) is 16.8 Å². The maximum Gasteiger partial charge on any atom is 0.240 e. The summed E-state index contributed by atoms with van der Waals surface area (Å²) >= 11 is 0. The molecule has 3 aromatic rings. The first-order valence-corrected chi connectivity index (χ1v) is 13.0. The summed E-state index contributed by atoms with van der Waals surface area (Å²) in [5.74, 6) is 0.921. The summed E-state index contributed by atoms with van der Waals surface area (Å²) in [5, 5.41) is 0. The molecule has 2 atom stereocenters. The highest BCUT2D eigenvalue weighted by molar-refractivity contribution is 7.89. The van der Waals surface area contributed by atoms with Gasteiger partial charge in [0, 0.05) is 19.1 Å². The van der Waals surface area contributed by atoms with E-state index < -0.39 is 16.1 Å². The lowest BCUT2D eigenvalue weighted by Crippen LogP contribution is -2.47. The molecule has 186 valence electrons. The van der Waals surface area contributed by atoms with Crippen LogP contribution in [0.3, 0.4) is 0 Å². The summed E-state index contributed by atoms with van der Waals surface area (Å²) in [6, 6.07) is 16.4. The highest BCUT2D eigenvalue weighted by Gasteiger charge is 2.35. The molecule has 6 nitrogen and oxygen atoms in total. The lowest BCUT2D eigenvalue weighted by molar-refractivity contribution is 0.150. The molecule has 0 bridgehead atoms. The highest BCUT2D eigenvalue weighted by Crippen LogP contribution is 2.40. The second-order valence-corrected chi connectivity index (χ2v) is 10.6. The molecule has 35 heavy (non-hydrogen) atoms. The van der Waals surface area contributed by atoms with Gasteiger partial charge in [0.25, 0.3) is 0 Å². The number of hydrogen-bond donors (Lipinski definition) is 1. The summed E-state index contributed by atoms with van der Waals surface area (Å²) in [6.45, 7) is 4.94. The summed E-state index contributed by atoms with van der Waals surface area (Å²) in [5.41, 5.74) is 3.85. The van der Waals surface area contributed by atoms with Crippen molar-refractivity contribution in [3.63, 3.8) is 0 Å². The van der Waals surface area contributed by atoms with Crippen molar-refractivity contribution in [2.75, 3.05) is 20.8 Å². The average molecular weight is 499 g/mol. The van der Waals surface area contributed by atoms with Gasteiger partial charge in [0.2, 0.25) is 10.0 Å². The Hall–Kier alpha value is -2.94. The molecule has 0 saturated carbocycles. The van der Waals surface area contributed by atoms with Gasteiger partial charge in [-0.1, -0.05) is 29.8 Å². The summed E-state index contributed by atoms with van der Waals surface area (Å²) in [7, 11) is -0.576. The van der Waals surface area contributed by atoms with Crippen LogP contribution in [0.4, 0.5) is 4.39 Å². The minimum absolute atomic E-state index is 0.218. The van der Waals surface area contributed by atoms with Gasteiger partial charge in [0.05, 0.1) is 25.2 Å². The number of nitrogens with one attached hydrogen (secondary N) is 1. The smallest absolute Gasteiger partial charge is 0.240 e. The van der Waals surface area contributed by atoms with E-state index in [1.54, 1.807) is 44.6 Å². The van der Waals surface area contributed by atoms with E-state index in [1.807, 2.05) is 32.0 Å². The van der Waals surface area contributed by atoms with Crippen LogP contribution in [0.2, 0.25) is 0 Å². The van der Waals surface area contributed by atoms with E-state index in [0.29, 0.717) is 24.6 Å². The molecule has 0 spiro atoms. The predicted molar refractivity (Wildman–Crippen MR) is 134 cm³/mol. The zero-order valence-electron chi connectivity index (χ0n) is 20.4. The SMILES string of the molecule is COc1cc2c(cc1OC)[C@H]([C@@H](C)NS(=O)(=O)c1ccc(C)cc1)N(Cc1cccc(F)c1)CC2. The number of aryl methyl sites for hydroxylation is 1. The topological polar surface area (TPSA) is 67.9 Å². The van der Waals surface area contributed by atoms with Gasteiger partial charge in [0.15, 0.2) is 11.5 Å². The molecule has 0 fully saturated rings.